The highest BCUT2D eigenvalue weighted by Crippen LogP contribution is 2.20. The number of nitrogens with zero attached hydrogens (tertiary/aromatic N) is 1. The molecule has 1 heterocycles. The van der Waals surface area contributed by atoms with E-state index in [1.165, 1.54) is 7.11 Å². The average molecular weight is 277 g/mol. The van der Waals surface area contributed by atoms with E-state index in [-0.39, 0.29) is 24.1 Å². The fraction of sp³-hybridized carbons (Fsp3) is 0.467. The summed E-state index contributed by atoms with van der Waals surface area (Å²) in [5.74, 6) is -0.510. The molecule has 0 radical (unpaired) electrons. The molecular formula is C15H19NO4. The third-order valence-electron chi connectivity index (χ3n) is 3.48. The van der Waals surface area contributed by atoms with Gasteiger partial charge in [-0.05, 0) is 31.7 Å². The van der Waals surface area contributed by atoms with Gasteiger partial charge < -0.3 is 9.47 Å². The summed E-state index contributed by atoms with van der Waals surface area (Å²) in [5, 5.41) is 0. The van der Waals surface area contributed by atoms with E-state index in [2.05, 4.69) is 4.74 Å². The zero-order chi connectivity index (χ0) is 14.7. The van der Waals surface area contributed by atoms with Crippen LogP contribution < -0.4 is 0 Å². The second kappa shape index (κ2) is 6.05. The lowest BCUT2D eigenvalue weighted by Crippen LogP contribution is -2.34. The zero-order valence-corrected chi connectivity index (χ0v) is 12.0. The van der Waals surface area contributed by atoms with Crippen molar-refractivity contribution >= 4 is 11.9 Å². The third-order valence-corrected chi connectivity index (χ3v) is 3.48. The summed E-state index contributed by atoms with van der Waals surface area (Å²) in [6.45, 7) is 2.53. The Labute approximate surface area is 118 Å². The molecule has 0 unspecified atom stereocenters. The maximum atomic E-state index is 11.7. The van der Waals surface area contributed by atoms with Gasteiger partial charge >= 0.3 is 11.9 Å². The van der Waals surface area contributed by atoms with Crippen LogP contribution in [0.15, 0.2) is 24.3 Å². The molecular weight excluding hydrogens is 258 g/mol. The van der Waals surface area contributed by atoms with Crippen LogP contribution >= 0.6 is 0 Å². The number of carbonyl (C=O) groups is 2. The number of carbonyl (C=O) groups excluding carboxylic acids is 2. The van der Waals surface area contributed by atoms with Gasteiger partial charge in [-0.2, -0.15) is 0 Å². The Hall–Kier alpha value is -1.88. The molecule has 0 N–H and O–H groups in total. The second-order valence-electron chi connectivity index (χ2n) is 5.10. The number of rotatable bonds is 4. The first-order chi connectivity index (χ1) is 9.51. The van der Waals surface area contributed by atoms with Crippen LogP contribution in [-0.2, 0) is 20.8 Å². The van der Waals surface area contributed by atoms with Crippen molar-refractivity contribution in [2.75, 3.05) is 14.2 Å². The first-order valence-electron chi connectivity index (χ1n) is 6.59. The molecule has 20 heavy (non-hydrogen) atoms. The maximum absolute atomic E-state index is 11.7. The number of cyclic esters (lactones) is 1. The summed E-state index contributed by atoms with van der Waals surface area (Å²) in [6, 6.07) is 7.00. The summed E-state index contributed by atoms with van der Waals surface area (Å²) < 4.78 is 9.81. The number of hydrogen-bond donors (Lipinski definition) is 0. The molecule has 1 saturated heterocycles. The van der Waals surface area contributed by atoms with Gasteiger partial charge in [-0.25, -0.2) is 4.79 Å². The molecule has 5 heteroatoms. The first kappa shape index (κ1) is 14.5. The highest BCUT2D eigenvalue weighted by atomic mass is 16.6. The minimum atomic E-state index is -0.349. The van der Waals surface area contributed by atoms with E-state index in [0.717, 1.165) is 12.0 Å². The number of benzene rings is 1. The summed E-state index contributed by atoms with van der Waals surface area (Å²) >= 11 is 0. The Morgan fingerprint density at radius 1 is 1.40 bits per heavy atom. The Morgan fingerprint density at radius 2 is 2.05 bits per heavy atom. The Morgan fingerprint density at radius 3 is 2.55 bits per heavy atom. The van der Waals surface area contributed by atoms with Crippen LogP contribution in [0.25, 0.3) is 0 Å². The number of methoxy groups -OCH3 is 1. The maximum Gasteiger partial charge on any atom is 0.337 e. The summed E-state index contributed by atoms with van der Waals surface area (Å²) in [7, 11) is 3.26. The molecule has 1 aliphatic rings. The molecule has 0 aromatic heterocycles. The van der Waals surface area contributed by atoms with Gasteiger partial charge in [-0.15, -0.1) is 0 Å². The van der Waals surface area contributed by atoms with Gasteiger partial charge in [-0.1, -0.05) is 12.1 Å². The number of esters is 2. The summed E-state index contributed by atoms with van der Waals surface area (Å²) in [4.78, 5) is 25.0. The van der Waals surface area contributed by atoms with E-state index in [0.29, 0.717) is 12.1 Å². The topological polar surface area (TPSA) is 55.8 Å². The van der Waals surface area contributed by atoms with Crippen molar-refractivity contribution in [2.24, 2.45) is 0 Å². The lowest BCUT2D eigenvalue weighted by molar-refractivity contribution is -0.144. The normalized spacial score (nSPS) is 21.9. The van der Waals surface area contributed by atoms with E-state index >= 15 is 0 Å². The largest absolute Gasteiger partial charge is 0.465 e. The van der Waals surface area contributed by atoms with Crippen molar-refractivity contribution < 1.29 is 19.1 Å². The van der Waals surface area contributed by atoms with Crippen molar-refractivity contribution in [3.63, 3.8) is 0 Å². The van der Waals surface area contributed by atoms with Crippen LogP contribution in [0.3, 0.4) is 0 Å². The van der Waals surface area contributed by atoms with E-state index in [1.54, 1.807) is 12.1 Å². The monoisotopic (exact) mass is 277 g/mol. The van der Waals surface area contributed by atoms with Crippen LogP contribution in [0.4, 0.5) is 0 Å². The highest BCUT2D eigenvalue weighted by molar-refractivity contribution is 5.89. The molecule has 1 aliphatic heterocycles. The molecule has 0 bridgehead atoms. The lowest BCUT2D eigenvalue weighted by atomic mass is 10.1. The number of ether oxygens (including phenoxy) is 2. The Balaban J connectivity index is 1.99. The van der Waals surface area contributed by atoms with E-state index in [9.17, 15) is 9.59 Å². The van der Waals surface area contributed by atoms with Gasteiger partial charge in [-0.3, -0.25) is 9.69 Å². The first-order valence-corrected chi connectivity index (χ1v) is 6.59. The van der Waals surface area contributed by atoms with Crippen molar-refractivity contribution in [1.29, 1.82) is 0 Å². The summed E-state index contributed by atoms with van der Waals surface area (Å²) in [6.07, 6.45) is 0.701. The van der Waals surface area contributed by atoms with Gasteiger partial charge in [0.2, 0.25) is 0 Å². The fourth-order valence-corrected chi connectivity index (χ4v) is 2.36. The number of hydrogen-bond acceptors (Lipinski definition) is 5. The third kappa shape index (κ3) is 3.17. The Bertz CT molecular complexity index is 497. The van der Waals surface area contributed by atoms with Gasteiger partial charge in [0.05, 0.1) is 12.7 Å². The van der Waals surface area contributed by atoms with Crippen molar-refractivity contribution in [3.8, 4) is 0 Å². The van der Waals surface area contributed by atoms with E-state index < -0.39 is 0 Å². The predicted octanol–water partition coefficient (Wildman–Crippen LogP) is 1.61. The van der Waals surface area contributed by atoms with Gasteiger partial charge in [0.1, 0.15) is 12.1 Å². The molecule has 1 fully saturated rings. The Kier molecular flexibility index (Phi) is 4.39. The molecule has 0 spiro atoms. The smallest absolute Gasteiger partial charge is 0.337 e. The van der Waals surface area contributed by atoms with Crippen LogP contribution in [0.1, 0.15) is 29.3 Å². The molecule has 0 saturated carbocycles. The molecule has 1 aromatic carbocycles. The SMILES string of the molecule is COC(=O)c1ccc(CN(C)[C@@H]2C[C@H](C)OC2=O)cc1. The molecule has 5 nitrogen and oxygen atoms in total. The molecule has 0 aliphatic carbocycles. The standard InChI is InChI=1S/C15H19NO4/c1-10-8-13(15(18)20-10)16(2)9-11-4-6-12(7-5-11)14(17)19-3/h4-7,10,13H,8-9H2,1-3H3/t10-,13+/m0/s1. The fourth-order valence-electron chi connectivity index (χ4n) is 2.36. The van der Waals surface area contributed by atoms with Crippen molar-refractivity contribution in [1.82, 2.24) is 4.90 Å². The van der Waals surface area contributed by atoms with Crippen LogP contribution in [-0.4, -0.2) is 43.1 Å². The predicted molar refractivity (Wildman–Crippen MR) is 73.2 cm³/mol. The molecule has 2 rings (SSSR count). The van der Waals surface area contributed by atoms with E-state index in [4.69, 9.17) is 4.74 Å². The van der Waals surface area contributed by atoms with Crippen LogP contribution in [0.2, 0.25) is 0 Å². The van der Waals surface area contributed by atoms with E-state index in [1.807, 2.05) is 31.0 Å². The molecule has 108 valence electrons. The van der Waals surface area contributed by atoms with Crippen LogP contribution in [0.5, 0.6) is 0 Å². The van der Waals surface area contributed by atoms with Gasteiger partial charge in [0.25, 0.3) is 0 Å². The summed E-state index contributed by atoms with van der Waals surface area (Å²) in [5.41, 5.74) is 1.56. The minimum Gasteiger partial charge on any atom is -0.465 e. The number of likely N-dealkylation sites (N-methyl/N-ethyl adjacent to an activating group) is 1. The average Bonchev–Trinajstić information content (AvgIpc) is 2.78. The minimum absolute atomic E-state index is 0.0170. The highest BCUT2D eigenvalue weighted by Gasteiger charge is 2.34. The van der Waals surface area contributed by atoms with Crippen molar-refractivity contribution in [3.05, 3.63) is 35.4 Å². The zero-order valence-electron chi connectivity index (χ0n) is 12.0. The quantitative estimate of drug-likeness (QED) is 0.783. The van der Waals surface area contributed by atoms with Crippen LogP contribution in [0, 0.1) is 0 Å². The van der Waals surface area contributed by atoms with Gasteiger partial charge in [0.15, 0.2) is 0 Å². The second-order valence-corrected chi connectivity index (χ2v) is 5.10. The molecule has 1 aromatic rings. The molecule has 0 amide bonds. The molecule has 2 atom stereocenters. The lowest BCUT2D eigenvalue weighted by Gasteiger charge is -2.21. The van der Waals surface area contributed by atoms with Gasteiger partial charge in [0, 0.05) is 13.0 Å². The van der Waals surface area contributed by atoms with Crippen molar-refractivity contribution in [2.45, 2.75) is 32.0 Å².